The van der Waals surface area contributed by atoms with Crippen molar-refractivity contribution < 1.29 is 4.79 Å². The van der Waals surface area contributed by atoms with Crippen molar-refractivity contribution in [2.45, 2.75) is 26.8 Å². The van der Waals surface area contributed by atoms with Gasteiger partial charge < -0.3 is 11.1 Å². The molecule has 0 aliphatic heterocycles. The van der Waals surface area contributed by atoms with Gasteiger partial charge in [0, 0.05) is 4.88 Å². The first-order valence-corrected chi connectivity index (χ1v) is 6.75. The Bertz CT molecular complexity index is 591. The summed E-state index contributed by atoms with van der Waals surface area (Å²) in [6.07, 6.45) is 1.47. The fourth-order valence-corrected chi connectivity index (χ4v) is 2.75. The van der Waals surface area contributed by atoms with E-state index in [1.54, 1.807) is 23.5 Å². The van der Waals surface area contributed by atoms with Crippen molar-refractivity contribution in [3.05, 3.63) is 39.6 Å². The van der Waals surface area contributed by atoms with Crippen LogP contribution in [0.2, 0.25) is 0 Å². The number of anilines is 1. The Morgan fingerprint density at radius 1 is 1.42 bits per heavy atom. The monoisotopic (exact) mass is 276 g/mol. The Hall–Kier alpha value is -1.95. The zero-order valence-corrected chi connectivity index (χ0v) is 11.9. The third kappa shape index (κ3) is 3.08. The van der Waals surface area contributed by atoms with E-state index in [4.69, 9.17) is 5.73 Å². The highest BCUT2D eigenvalue weighted by molar-refractivity contribution is 7.11. The van der Waals surface area contributed by atoms with Gasteiger partial charge in [0.15, 0.2) is 0 Å². The van der Waals surface area contributed by atoms with Gasteiger partial charge >= 0.3 is 0 Å². The van der Waals surface area contributed by atoms with Crippen molar-refractivity contribution >= 4 is 22.9 Å². The molecule has 0 aromatic carbocycles. The first-order valence-electron chi connectivity index (χ1n) is 5.93. The van der Waals surface area contributed by atoms with Gasteiger partial charge in [-0.1, -0.05) is 0 Å². The van der Waals surface area contributed by atoms with Crippen molar-refractivity contribution in [3.8, 4) is 0 Å². The molecule has 2 heterocycles. The van der Waals surface area contributed by atoms with Crippen molar-refractivity contribution in [1.29, 1.82) is 0 Å². The number of nitrogens with two attached hydrogens (primary N) is 1. The second-order valence-corrected chi connectivity index (χ2v) is 5.59. The van der Waals surface area contributed by atoms with Crippen LogP contribution < -0.4 is 11.1 Å². The highest BCUT2D eigenvalue weighted by Crippen LogP contribution is 2.24. The summed E-state index contributed by atoms with van der Waals surface area (Å²) in [5, 5.41) is 3.91. The summed E-state index contributed by atoms with van der Waals surface area (Å²) < 4.78 is 0. The summed E-state index contributed by atoms with van der Waals surface area (Å²) in [7, 11) is 0. The molecule has 1 unspecified atom stereocenters. The average molecular weight is 276 g/mol. The van der Waals surface area contributed by atoms with E-state index < -0.39 is 0 Å². The third-order valence-corrected chi connectivity index (χ3v) is 3.95. The molecule has 2 aromatic rings. The number of carbonyl (C=O) groups is 1. The SMILES string of the molecule is Cc1nc(C)c(C(C)NC(=O)c2ccc(N)cn2)s1. The summed E-state index contributed by atoms with van der Waals surface area (Å²) in [5.41, 5.74) is 7.40. The maximum Gasteiger partial charge on any atom is 0.270 e. The fraction of sp³-hybridized carbons (Fsp3) is 0.308. The van der Waals surface area contributed by atoms with Crippen molar-refractivity contribution in [2.75, 3.05) is 5.73 Å². The molecule has 19 heavy (non-hydrogen) atoms. The van der Waals surface area contributed by atoms with E-state index >= 15 is 0 Å². The molecule has 0 saturated carbocycles. The lowest BCUT2D eigenvalue weighted by molar-refractivity contribution is 0.0935. The van der Waals surface area contributed by atoms with Gasteiger partial charge in [-0.05, 0) is 32.9 Å². The zero-order valence-electron chi connectivity index (χ0n) is 11.1. The molecule has 1 amide bonds. The number of hydrogen-bond donors (Lipinski definition) is 2. The normalized spacial score (nSPS) is 12.2. The number of aryl methyl sites for hydroxylation is 2. The quantitative estimate of drug-likeness (QED) is 0.900. The first kappa shape index (κ1) is 13.5. The Balaban J connectivity index is 2.10. The number of pyridine rings is 1. The summed E-state index contributed by atoms with van der Waals surface area (Å²) in [4.78, 5) is 21.5. The van der Waals surface area contributed by atoms with Gasteiger partial charge in [0.2, 0.25) is 0 Å². The van der Waals surface area contributed by atoms with Gasteiger partial charge in [0.25, 0.3) is 5.91 Å². The minimum atomic E-state index is -0.210. The molecule has 0 aliphatic carbocycles. The van der Waals surface area contributed by atoms with Crippen LogP contribution in [0.15, 0.2) is 18.3 Å². The lowest BCUT2D eigenvalue weighted by Gasteiger charge is -2.12. The Morgan fingerprint density at radius 3 is 2.68 bits per heavy atom. The van der Waals surface area contributed by atoms with Crippen molar-refractivity contribution in [1.82, 2.24) is 15.3 Å². The second kappa shape index (κ2) is 5.36. The molecule has 0 radical (unpaired) electrons. The van der Waals surface area contributed by atoms with Crippen LogP contribution >= 0.6 is 11.3 Å². The van der Waals surface area contributed by atoms with E-state index in [-0.39, 0.29) is 11.9 Å². The summed E-state index contributed by atoms with van der Waals surface area (Å²) in [5.74, 6) is -0.210. The minimum absolute atomic E-state index is 0.0851. The van der Waals surface area contributed by atoms with Gasteiger partial charge in [-0.15, -0.1) is 11.3 Å². The smallest absolute Gasteiger partial charge is 0.270 e. The summed E-state index contributed by atoms with van der Waals surface area (Å²) in [6, 6.07) is 3.19. The third-order valence-electron chi connectivity index (χ3n) is 2.70. The van der Waals surface area contributed by atoms with E-state index in [0.29, 0.717) is 11.4 Å². The van der Waals surface area contributed by atoms with Crippen molar-refractivity contribution in [2.24, 2.45) is 0 Å². The number of nitrogens with one attached hydrogen (secondary N) is 1. The standard InChI is InChI=1S/C13H16N4OS/c1-7-12(19-9(3)16-7)8(2)17-13(18)11-5-4-10(14)6-15-11/h4-6,8H,14H2,1-3H3,(H,17,18). The zero-order chi connectivity index (χ0) is 14.0. The molecule has 0 spiro atoms. The van der Waals surface area contributed by atoms with Crippen LogP contribution in [0.25, 0.3) is 0 Å². The minimum Gasteiger partial charge on any atom is -0.397 e. The lowest BCUT2D eigenvalue weighted by atomic mass is 10.2. The second-order valence-electron chi connectivity index (χ2n) is 4.35. The van der Waals surface area contributed by atoms with Gasteiger partial charge in [-0.3, -0.25) is 4.79 Å². The Kier molecular flexibility index (Phi) is 3.80. The maximum atomic E-state index is 12.0. The van der Waals surface area contributed by atoms with Gasteiger partial charge in [0.05, 0.1) is 28.6 Å². The molecule has 0 fully saturated rings. The van der Waals surface area contributed by atoms with E-state index in [1.807, 2.05) is 20.8 Å². The molecule has 6 heteroatoms. The number of hydrogen-bond acceptors (Lipinski definition) is 5. The van der Waals surface area contributed by atoms with Crippen LogP contribution in [0.5, 0.6) is 0 Å². The number of nitrogens with zero attached hydrogens (tertiary/aromatic N) is 2. The van der Waals surface area contributed by atoms with Crippen LogP contribution in [0.3, 0.4) is 0 Å². The number of rotatable bonds is 3. The van der Waals surface area contributed by atoms with Gasteiger partial charge in [0.1, 0.15) is 5.69 Å². The molecule has 0 aliphatic rings. The average Bonchev–Trinajstić information content (AvgIpc) is 2.69. The van der Waals surface area contributed by atoms with E-state index in [2.05, 4.69) is 15.3 Å². The largest absolute Gasteiger partial charge is 0.397 e. The van der Waals surface area contributed by atoms with E-state index in [1.165, 1.54) is 6.20 Å². The predicted octanol–water partition coefficient (Wildman–Crippen LogP) is 2.23. The van der Waals surface area contributed by atoms with Crippen LogP contribution in [0.4, 0.5) is 5.69 Å². The molecule has 0 bridgehead atoms. The molecule has 2 rings (SSSR count). The first-order chi connectivity index (χ1) is 8.97. The molecular weight excluding hydrogens is 260 g/mol. The Labute approximate surface area is 115 Å². The fourth-order valence-electron chi connectivity index (χ4n) is 1.82. The number of nitrogen functional groups attached to an aromatic ring is 1. The molecule has 5 nitrogen and oxygen atoms in total. The number of thiazole rings is 1. The molecular formula is C13H16N4OS. The van der Waals surface area contributed by atoms with Crippen LogP contribution in [0, 0.1) is 13.8 Å². The van der Waals surface area contributed by atoms with Crippen LogP contribution in [-0.2, 0) is 0 Å². The van der Waals surface area contributed by atoms with Crippen molar-refractivity contribution in [3.63, 3.8) is 0 Å². The molecule has 2 aromatic heterocycles. The van der Waals surface area contributed by atoms with E-state index in [9.17, 15) is 4.79 Å². The molecule has 3 N–H and O–H groups in total. The van der Waals surface area contributed by atoms with Gasteiger partial charge in [-0.25, -0.2) is 9.97 Å². The summed E-state index contributed by atoms with van der Waals surface area (Å²) >= 11 is 1.60. The molecule has 100 valence electrons. The van der Waals surface area contributed by atoms with Crippen LogP contribution in [-0.4, -0.2) is 15.9 Å². The maximum absolute atomic E-state index is 12.0. The lowest BCUT2D eigenvalue weighted by Crippen LogP contribution is -2.27. The predicted molar refractivity (Wildman–Crippen MR) is 76.1 cm³/mol. The molecule has 0 saturated heterocycles. The Morgan fingerprint density at radius 2 is 2.16 bits per heavy atom. The number of aromatic nitrogens is 2. The van der Waals surface area contributed by atoms with Gasteiger partial charge in [-0.2, -0.15) is 0 Å². The molecule has 1 atom stereocenters. The van der Waals surface area contributed by atoms with E-state index in [0.717, 1.165) is 15.6 Å². The van der Waals surface area contributed by atoms with Crippen LogP contribution in [0.1, 0.15) is 39.0 Å². The highest BCUT2D eigenvalue weighted by Gasteiger charge is 2.16. The highest BCUT2D eigenvalue weighted by atomic mass is 32.1. The number of carbonyl (C=O) groups excluding carboxylic acids is 1. The topological polar surface area (TPSA) is 80.9 Å². The number of amides is 1. The summed E-state index contributed by atoms with van der Waals surface area (Å²) in [6.45, 7) is 5.84.